The van der Waals surface area contributed by atoms with Gasteiger partial charge >= 0.3 is 0 Å². The van der Waals surface area contributed by atoms with Gasteiger partial charge in [-0.05, 0) is 49.4 Å². The van der Waals surface area contributed by atoms with E-state index in [1.165, 1.54) is 16.7 Å². The molecule has 2 heterocycles. The second kappa shape index (κ2) is 9.97. The van der Waals surface area contributed by atoms with Gasteiger partial charge in [0.2, 0.25) is 0 Å². The smallest absolute Gasteiger partial charge is 0.283 e. The zero-order valence-electron chi connectivity index (χ0n) is 19.1. The Balaban J connectivity index is 1.47. The zero-order valence-corrected chi connectivity index (χ0v) is 21.4. The number of carbonyl (C=O) groups excluding carboxylic acids is 2. The van der Waals surface area contributed by atoms with Crippen LogP contribution >= 0.6 is 35.0 Å². The molecular formula is C27H23Cl2N3O2S. The third-order valence-corrected chi connectivity index (χ3v) is 7.60. The van der Waals surface area contributed by atoms with E-state index in [1.54, 1.807) is 18.2 Å². The molecule has 2 amide bonds. The Bertz CT molecular complexity index is 1280. The minimum Gasteiger partial charge on any atom is -0.368 e. The number of anilines is 2. The van der Waals surface area contributed by atoms with Crippen molar-refractivity contribution in [3.63, 3.8) is 0 Å². The van der Waals surface area contributed by atoms with E-state index in [4.69, 9.17) is 23.2 Å². The van der Waals surface area contributed by atoms with Crippen LogP contribution in [-0.2, 0) is 9.59 Å². The number of thioether (sulfide) groups is 1. The topological polar surface area (TPSA) is 43.9 Å². The molecule has 178 valence electrons. The van der Waals surface area contributed by atoms with Crippen LogP contribution in [0.25, 0.3) is 0 Å². The molecule has 0 unspecified atom stereocenters. The normalized spacial score (nSPS) is 16.5. The number of nitrogens with zero attached hydrogens (tertiary/aromatic N) is 3. The molecule has 0 N–H and O–H groups in total. The minimum atomic E-state index is -0.362. The van der Waals surface area contributed by atoms with E-state index in [-0.39, 0.29) is 11.8 Å². The van der Waals surface area contributed by atoms with Gasteiger partial charge in [0, 0.05) is 46.8 Å². The fourth-order valence-electron chi connectivity index (χ4n) is 4.32. The number of imide groups is 1. The van der Waals surface area contributed by atoms with E-state index in [2.05, 4.69) is 17.0 Å². The summed E-state index contributed by atoms with van der Waals surface area (Å²) in [6.07, 6.45) is 0. The lowest BCUT2D eigenvalue weighted by atomic mass is 10.2. The third kappa shape index (κ3) is 4.92. The second-order valence-electron chi connectivity index (χ2n) is 8.48. The maximum absolute atomic E-state index is 13.7. The van der Waals surface area contributed by atoms with Crippen molar-refractivity contribution in [3.8, 4) is 0 Å². The van der Waals surface area contributed by atoms with Gasteiger partial charge in [-0.2, -0.15) is 0 Å². The molecule has 2 aliphatic rings. The monoisotopic (exact) mass is 523 g/mol. The lowest BCUT2D eigenvalue weighted by Gasteiger charge is -2.37. The molecule has 35 heavy (non-hydrogen) atoms. The highest BCUT2D eigenvalue weighted by Crippen LogP contribution is 2.40. The van der Waals surface area contributed by atoms with Crippen LogP contribution in [-0.4, -0.2) is 42.9 Å². The van der Waals surface area contributed by atoms with E-state index in [0.29, 0.717) is 39.4 Å². The Morgan fingerprint density at radius 3 is 1.94 bits per heavy atom. The first-order valence-corrected chi connectivity index (χ1v) is 12.9. The molecule has 5 nitrogen and oxygen atoms in total. The average Bonchev–Trinajstić information content (AvgIpc) is 3.09. The van der Waals surface area contributed by atoms with Crippen LogP contribution in [0.3, 0.4) is 0 Å². The van der Waals surface area contributed by atoms with E-state index in [0.717, 1.165) is 29.2 Å². The molecule has 0 atom stereocenters. The standard InChI is InChI=1S/C27H23Cl2N3O2S/c1-18-7-9-23(10-8-18)35-25-24(31-13-11-30(12-14-31)21-5-3-2-4-6-21)26(33)32(27(25)34)22-16-19(28)15-20(29)17-22/h2-10,15-17H,11-14H2,1H3. The van der Waals surface area contributed by atoms with Gasteiger partial charge in [-0.15, -0.1) is 0 Å². The minimum absolute atomic E-state index is 0.351. The molecule has 1 fully saturated rings. The summed E-state index contributed by atoms with van der Waals surface area (Å²) in [6.45, 7) is 4.78. The summed E-state index contributed by atoms with van der Waals surface area (Å²) in [7, 11) is 0. The summed E-state index contributed by atoms with van der Waals surface area (Å²) in [6, 6.07) is 22.9. The van der Waals surface area contributed by atoms with Crippen molar-refractivity contribution in [2.75, 3.05) is 36.0 Å². The highest BCUT2D eigenvalue weighted by atomic mass is 35.5. The van der Waals surface area contributed by atoms with Gasteiger partial charge in [-0.3, -0.25) is 9.59 Å². The molecule has 0 bridgehead atoms. The lowest BCUT2D eigenvalue weighted by Crippen LogP contribution is -2.47. The fraction of sp³-hybridized carbons (Fsp3) is 0.185. The molecular weight excluding hydrogens is 501 g/mol. The van der Waals surface area contributed by atoms with Crippen molar-refractivity contribution >= 4 is 58.2 Å². The van der Waals surface area contributed by atoms with Crippen LogP contribution in [0.2, 0.25) is 10.0 Å². The summed E-state index contributed by atoms with van der Waals surface area (Å²) in [4.78, 5) is 34.2. The van der Waals surface area contributed by atoms with E-state index >= 15 is 0 Å². The first-order valence-electron chi connectivity index (χ1n) is 11.3. The maximum atomic E-state index is 13.7. The van der Waals surface area contributed by atoms with Crippen molar-refractivity contribution < 1.29 is 9.59 Å². The summed E-state index contributed by atoms with van der Waals surface area (Å²) in [5.74, 6) is -0.712. The lowest BCUT2D eigenvalue weighted by molar-refractivity contribution is -0.121. The van der Waals surface area contributed by atoms with Crippen molar-refractivity contribution in [3.05, 3.63) is 99.0 Å². The van der Waals surface area contributed by atoms with Crippen LogP contribution in [0.4, 0.5) is 11.4 Å². The predicted octanol–water partition coefficient (Wildman–Crippen LogP) is 6.00. The van der Waals surface area contributed by atoms with Gasteiger partial charge in [0.25, 0.3) is 11.8 Å². The number of rotatable bonds is 5. The highest BCUT2D eigenvalue weighted by Gasteiger charge is 2.43. The first kappa shape index (κ1) is 23.8. The summed E-state index contributed by atoms with van der Waals surface area (Å²) < 4.78 is 0. The van der Waals surface area contributed by atoms with Crippen LogP contribution in [0, 0.1) is 6.92 Å². The molecule has 0 radical (unpaired) electrons. The number of piperazine rings is 1. The van der Waals surface area contributed by atoms with Crippen molar-refractivity contribution in [1.82, 2.24) is 4.90 Å². The number of para-hydroxylation sites is 1. The third-order valence-electron chi connectivity index (χ3n) is 6.08. The molecule has 0 aliphatic carbocycles. The number of hydrogen-bond donors (Lipinski definition) is 0. The van der Waals surface area contributed by atoms with Gasteiger partial charge in [0.05, 0.1) is 5.69 Å². The van der Waals surface area contributed by atoms with Gasteiger partial charge < -0.3 is 9.80 Å². The number of carbonyl (C=O) groups is 2. The van der Waals surface area contributed by atoms with Gasteiger partial charge in [-0.25, -0.2) is 4.90 Å². The molecule has 5 rings (SSSR count). The molecule has 3 aromatic rings. The summed E-state index contributed by atoms with van der Waals surface area (Å²) >= 11 is 13.7. The Labute approximate surface area is 218 Å². The number of halogens is 2. The van der Waals surface area contributed by atoms with Crippen LogP contribution in [0.5, 0.6) is 0 Å². The Hall–Kier alpha value is -2.93. The molecule has 0 aromatic heterocycles. The Morgan fingerprint density at radius 1 is 0.714 bits per heavy atom. The average molecular weight is 524 g/mol. The van der Waals surface area contributed by atoms with Crippen molar-refractivity contribution in [1.29, 1.82) is 0 Å². The molecule has 0 spiro atoms. The van der Waals surface area contributed by atoms with Gasteiger partial charge in [-0.1, -0.05) is 70.9 Å². The summed E-state index contributed by atoms with van der Waals surface area (Å²) in [5.41, 5.74) is 3.09. The molecule has 3 aromatic carbocycles. The van der Waals surface area contributed by atoms with Crippen LogP contribution < -0.4 is 9.80 Å². The van der Waals surface area contributed by atoms with Crippen molar-refractivity contribution in [2.45, 2.75) is 11.8 Å². The number of amides is 2. The van der Waals surface area contributed by atoms with Crippen LogP contribution in [0.1, 0.15) is 5.56 Å². The van der Waals surface area contributed by atoms with E-state index < -0.39 is 0 Å². The number of aryl methyl sites for hydroxylation is 1. The fourth-order valence-corrected chi connectivity index (χ4v) is 5.84. The second-order valence-corrected chi connectivity index (χ2v) is 10.4. The molecule has 0 saturated carbocycles. The summed E-state index contributed by atoms with van der Waals surface area (Å²) in [5, 5.41) is 0.733. The molecule has 8 heteroatoms. The SMILES string of the molecule is Cc1ccc(SC2=C(N3CCN(c4ccccc4)CC3)C(=O)N(c3cc(Cl)cc(Cl)c3)C2=O)cc1. The number of hydrogen-bond acceptors (Lipinski definition) is 5. The van der Waals surface area contributed by atoms with Crippen molar-refractivity contribution in [2.24, 2.45) is 0 Å². The van der Waals surface area contributed by atoms with E-state index in [9.17, 15) is 9.59 Å². The van der Waals surface area contributed by atoms with Gasteiger partial charge in [0.1, 0.15) is 10.6 Å². The molecule has 1 saturated heterocycles. The highest BCUT2D eigenvalue weighted by molar-refractivity contribution is 8.04. The predicted molar refractivity (Wildman–Crippen MR) is 143 cm³/mol. The first-order chi connectivity index (χ1) is 16.9. The molecule has 2 aliphatic heterocycles. The van der Waals surface area contributed by atoms with E-state index in [1.807, 2.05) is 54.3 Å². The largest absolute Gasteiger partial charge is 0.368 e. The maximum Gasteiger partial charge on any atom is 0.283 e. The Kier molecular flexibility index (Phi) is 6.78. The van der Waals surface area contributed by atoms with Gasteiger partial charge in [0.15, 0.2) is 0 Å². The number of benzene rings is 3. The van der Waals surface area contributed by atoms with Crippen LogP contribution in [0.15, 0.2) is 88.3 Å². The zero-order chi connectivity index (χ0) is 24.5. The quantitative estimate of drug-likeness (QED) is 0.383. The Morgan fingerprint density at radius 2 is 1.31 bits per heavy atom.